The Kier molecular flexibility index (Phi) is 4.77. The molecular formula is C10H21ClOSi. The maximum absolute atomic E-state index is 6.39. The van der Waals surface area contributed by atoms with E-state index in [1.54, 1.807) is 0 Å². The zero-order valence-corrected chi connectivity index (χ0v) is 11.6. The van der Waals surface area contributed by atoms with Crippen LogP contribution < -0.4 is 0 Å². The molecule has 1 rings (SSSR count). The zero-order chi connectivity index (χ0) is 9.73. The van der Waals surface area contributed by atoms with E-state index in [1.807, 2.05) is 0 Å². The molecule has 1 nitrogen and oxygen atoms in total. The van der Waals surface area contributed by atoms with E-state index >= 15 is 0 Å². The zero-order valence-electron chi connectivity index (χ0n) is 8.81. The second kappa shape index (κ2) is 5.37. The molecule has 0 spiro atoms. The molecule has 1 aliphatic rings. The monoisotopic (exact) mass is 220 g/mol. The van der Waals surface area contributed by atoms with Crippen molar-refractivity contribution in [2.24, 2.45) is 0 Å². The van der Waals surface area contributed by atoms with Crippen LogP contribution in [0.25, 0.3) is 0 Å². The molecule has 2 atom stereocenters. The summed E-state index contributed by atoms with van der Waals surface area (Å²) < 4.78 is 5.85. The third-order valence-electron chi connectivity index (χ3n) is 2.97. The quantitative estimate of drug-likeness (QED) is 0.521. The minimum Gasteiger partial charge on any atom is -0.378 e. The Labute approximate surface area is 89.6 Å². The molecule has 3 heteroatoms. The minimum absolute atomic E-state index is 0.0922. The first-order valence-corrected chi connectivity index (χ1v) is 6.91. The first-order chi connectivity index (χ1) is 6.19. The van der Waals surface area contributed by atoms with Crippen LogP contribution in [0, 0.1) is 0 Å². The van der Waals surface area contributed by atoms with Gasteiger partial charge in [0.1, 0.15) is 0 Å². The molecule has 0 aromatic carbocycles. The highest BCUT2D eigenvalue weighted by atomic mass is 35.5. The summed E-state index contributed by atoms with van der Waals surface area (Å²) in [7, 11) is 1.08. The van der Waals surface area contributed by atoms with Gasteiger partial charge in [-0.3, -0.25) is 0 Å². The molecule has 78 valence electrons. The molecular weight excluding hydrogens is 200 g/mol. The molecule has 0 aromatic rings. The number of alkyl halides is 1. The lowest BCUT2D eigenvalue weighted by Crippen LogP contribution is -2.45. The highest BCUT2D eigenvalue weighted by Crippen LogP contribution is 2.31. The molecule has 0 saturated carbocycles. The Morgan fingerprint density at radius 3 is 2.85 bits per heavy atom. The normalized spacial score (nSPS) is 31.8. The molecule has 13 heavy (non-hydrogen) atoms. The second-order valence-electron chi connectivity index (χ2n) is 4.23. The van der Waals surface area contributed by atoms with Crippen molar-refractivity contribution in [3.8, 4) is 0 Å². The van der Waals surface area contributed by atoms with Crippen molar-refractivity contribution in [1.82, 2.24) is 0 Å². The Morgan fingerprint density at radius 2 is 2.31 bits per heavy atom. The minimum atomic E-state index is 0.0922. The molecule has 0 amide bonds. The van der Waals surface area contributed by atoms with E-state index < -0.39 is 0 Å². The third kappa shape index (κ3) is 3.26. The lowest BCUT2D eigenvalue weighted by molar-refractivity contribution is -0.0211. The summed E-state index contributed by atoms with van der Waals surface area (Å²) in [6, 6.07) is 0. The maximum Gasteiger partial charge on any atom is 0.0644 e. The van der Waals surface area contributed by atoms with E-state index in [0.717, 1.165) is 23.3 Å². The maximum atomic E-state index is 6.39. The van der Waals surface area contributed by atoms with Gasteiger partial charge in [-0.25, -0.2) is 0 Å². The summed E-state index contributed by atoms with van der Waals surface area (Å²) in [5.74, 6) is 0. The summed E-state index contributed by atoms with van der Waals surface area (Å²) >= 11 is 6.39. The van der Waals surface area contributed by atoms with Crippen molar-refractivity contribution in [2.45, 2.75) is 56.1 Å². The van der Waals surface area contributed by atoms with E-state index in [9.17, 15) is 0 Å². The van der Waals surface area contributed by atoms with Gasteiger partial charge in [-0.05, 0) is 25.7 Å². The van der Waals surface area contributed by atoms with Crippen molar-refractivity contribution in [1.29, 1.82) is 0 Å². The molecule has 2 unspecified atom stereocenters. The average molecular weight is 221 g/mol. The first kappa shape index (κ1) is 11.5. The van der Waals surface area contributed by atoms with Crippen molar-refractivity contribution in [2.75, 3.05) is 6.61 Å². The van der Waals surface area contributed by atoms with Crippen molar-refractivity contribution < 1.29 is 4.74 Å². The number of hydrogen-bond donors (Lipinski definition) is 0. The van der Waals surface area contributed by atoms with E-state index in [-0.39, 0.29) is 10.6 Å². The highest BCUT2D eigenvalue weighted by Gasteiger charge is 2.34. The van der Waals surface area contributed by atoms with Crippen LogP contribution in [0.5, 0.6) is 0 Å². The Bertz CT molecular complexity index is 146. The van der Waals surface area contributed by atoms with Crippen molar-refractivity contribution in [3.05, 3.63) is 0 Å². The highest BCUT2D eigenvalue weighted by molar-refractivity contribution is 6.28. The number of unbranched alkanes of at least 4 members (excludes halogenated alkanes) is 1. The van der Waals surface area contributed by atoms with Gasteiger partial charge >= 0.3 is 0 Å². The second-order valence-corrected chi connectivity index (χ2v) is 6.45. The summed E-state index contributed by atoms with van der Waals surface area (Å²) in [6.45, 7) is 3.14. The van der Waals surface area contributed by atoms with Crippen molar-refractivity contribution in [3.63, 3.8) is 0 Å². The molecule has 0 aliphatic carbocycles. The van der Waals surface area contributed by atoms with Crippen LogP contribution in [0.15, 0.2) is 0 Å². The predicted octanol–water partition coefficient (Wildman–Crippen LogP) is 2.05. The molecule has 1 heterocycles. The molecule has 0 radical (unpaired) electrons. The topological polar surface area (TPSA) is 9.23 Å². The van der Waals surface area contributed by atoms with Crippen LogP contribution in [0.2, 0.25) is 0 Å². The largest absolute Gasteiger partial charge is 0.378 e. The van der Waals surface area contributed by atoms with Crippen LogP contribution in [-0.2, 0) is 4.74 Å². The number of halogens is 1. The van der Waals surface area contributed by atoms with Gasteiger partial charge in [0.2, 0.25) is 0 Å². The van der Waals surface area contributed by atoms with E-state index in [0.29, 0.717) is 0 Å². The number of rotatable bonds is 4. The lowest BCUT2D eigenvalue weighted by Gasteiger charge is -2.38. The first-order valence-electron chi connectivity index (χ1n) is 5.47. The molecule has 1 saturated heterocycles. The van der Waals surface area contributed by atoms with Crippen molar-refractivity contribution >= 4 is 21.8 Å². The van der Waals surface area contributed by atoms with Gasteiger partial charge in [-0.15, -0.1) is 11.6 Å². The van der Waals surface area contributed by atoms with Crippen LogP contribution in [0.3, 0.4) is 0 Å². The molecule has 0 aromatic heterocycles. The van der Waals surface area contributed by atoms with Gasteiger partial charge in [-0.1, -0.05) is 19.8 Å². The molecule has 0 N–H and O–H groups in total. The van der Waals surface area contributed by atoms with Crippen LogP contribution in [0.4, 0.5) is 0 Å². The number of ether oxygens (including phenoxy) is 1. The summed E-state index contributed by atoms with van der Waals surface area (Å²) in [6.07, 6.45) is 7.32. The lowest BCUT2D eigenvalue weighted by atomic mass is 10.0. The smallest absolute Gasteiger partial charge is 0.0644 e. The Hall–Kier alpha value is 0.467. The SMILES string of the molecule is CCCCC(Cl)C1([SiH3])CCCCO1. The molecule has 1 fully saturated rings. The average Bonchev–Trinajstić information content (AvgIpc) is 2.15. The van der Waals surface area contributed by atoms with E-state index in [4.69, 9.17) is 16.3 Å². The fourth-order valence-corrected chi connectivity index (χ4v) is 3.06. The summed E-state index contributed by atoms with van der Waals surface area (Å²) in [4.78, 5) is 0. The van der Waals surface area contributed by atoms with Gasteiger partial charge in [-0.2, -0.15) is 0 Å². The standard InChI is InChI=1S/C10H21ClOSi/c1-2-3-6-9(11)10(13)7-4-5-8-12-10/h9H,2-8H2,1,13H3. The summed E-state index contributed by atoms with van der Waals surface area (Å²) in [5.41, 5.74) is 0. The van der Waals surface area contributed by atoms with E-state index in [1.165, 1.54) is 32.1 Å². The fraction of sp³-hybridized carbons (Fsp3) is 1.00. The van der Waals surface area contributed by atoms with Crippen LogP contribution in [-0.4, -0.2) is 27.5 Å². The van der Waals surface area contributed by atoms with Gasteiger partial charge in [0.25, 0.3) is 0 Å². The Balaban J connectivity index is 2.37. The number of hydrogen-bond acceptors (Lipinski definition) is 1. The van der Waals surface area contributed by atoms with Gasteiger partial charge in [0, 0.05) is 16.8 Å². The van der Waals surface area contributed by atoms with Crippen LogP contribution in [0.1, 0.15) is 45.4 Å². The fourth-order valence-electron chi connectivity index (χ4n) is 1.89. The molecule has 0 bridgehead atoms. The Morgan fingerprint density at radius 1 is 1.54 bits per heavy atom. The summed E-state index contributed by atoms with van der Waals surface area (Å²) in [5, 5.41) is 0.356. The van der Waals surface area contributed by atoms with Gasteiger partial charge in [0.15, 0.2) is 0 Å². The van der Waals surface area contributed by atoms with E-state index in [2.05, 4.69) is 6.92 Å². The van der Waals surface area contributed by atoms with Crippen LogP contribution >= 0.6 is 11.6 Å². The van der Waals surface area contributed by atoms with Gasteiger partial charge < -0.3 is 4.74 Å². The predicted molar refractivity (Wildman–Crippen MR) is 61.6 cm³/mol. The van der Waals surface area contributed by atoms with Gasteiger partial charge in [0.05, 0.1) is 10.6 Å². The molecule has 1 aliphatic heterocycles. The third-order valence-corrected chi connectivity index (χ3v) is 5.50.